The molecule has 2 heterocycles. The molecule has 3 aromatic rings. The van der Waals surface area contributed by atoms with E-state index in [9.17, 15) is 0 Å². The van der Waals surface area contributed by atoms with Crippen LogP contribution in [0.25, 0.3) is 10.8 Å². The average molecular weight is 328 g/mol. The van der Waals surface area contributed by atoms with Crippen molar-refractivity contribution in [3.05, 3.63) is 59.5 Å². The summed E-state index contributed by atoms with van der Waals surface area (Å²) in [6, 6.07) is 12.2. The van der Waals surface area contributed by atoms with E-state index in [4.69, 9.17) is 11.6 Å². The number of benzene rings is 1. The minimum Gasteiger partial charge on any atom is -0.310 e. The number of nitrogens with zero attached hydrogens (tertiary/aromatic N) is 2. The van der Waals surface area contributed by atoms with Gasteiger partial charge in [-0.3, -0.25) is 0 Å². The van der Waals surface area contributed by atoms with Gasteiger partial charge in [0.1, 0.15) is 11.0 Å². The lowest BCUT2D eigenvalue weighted by Gasteiger charge is -2.12. The van der Waals surface area contributed by atoms with Crippen molar-refractivity contribution < 1.29 is 0 Å². The first kappa shape index (κ1) is 13.9. The van der Waals surface area contributed by atoms with Gasteiger partial charge in [-0.25, -0.2) is 9.97 Å². The van der Waals surface area contributed by atoms with Crippen molar-refractivity contribution in [2.24, 2.45) is 0 Å². The summed E-state index contributed by atoms with van der Waals surface area (Å²) in [6.45, 7) is 0. The van der Waals surface area contributed by atoms with Crippen LogP contribution in [0.3, 0.4) is 0 Å². The van der Waals surface area contributed by atoms with Gasteiger partial charge >= 0.3 is 0 Å². The molecule has 1 N–H and O–H groups in total. The van der Waals surface area contributed by atoms with Gasteiger partial charge in [-0.15, -0.1) is 0 Å². The van der Waals surface area contributed by atoms with Crippen LogP contribution in [-0.2, 0) is 0 Å². The summed E-state index contributed by atoms with van der Waals surface area (Å²) < 4.78 is 3.38. The van der Waals surface area contributed by atoms with Crippen LogP contribution < -0.4 is 4.72 Å². The molecule has 0 atom stereocenters. The Hall–Kier alpha value is -1.78. The molecule has 1 aliphatic rings. The molecule has 0 saturated heterocycles. The van der Waals surface area contributed by atoms with E-state index in [1.165, 1.54) is 41.1 Å². The van der Waals surface area contributed by atoms with E-state index in [1.54, 1.807) is 12.3 Å². The molecule has 3 nitrogen and oxygen atoms in total. The molecule has 1 fully saturated rings. The zero-order valence-electron chi connectivity index (χ0n) is 11.8. The first-order valence-electron chi connectivity index (χ1n) is 7.23. The zero-order chi connectivity index (χ0) is 14.9. The summed E-state index contributed by atoms with van der Waals surface area (Å²) in [5, 5.41) is 3.01. The minimum atomic E-state index is 0.506. The van der Waals surface area contributed by atoms with E-state index in [0.29, 0.717) is 11.1 Å². The van der Waals surface area contributed by atoms with Gasteiger partial charge < -0.3 is 4.72 Å². The molecule has 0 amide bonds. The molecule has 1 aliphatic carbocycles. The first-order chi connectivity index (χ1) is 10.8. The maximum Gasteiger partial charge on any atom is 0.140 e. The topological polar surface area (TPSA) is 37.8 Å². The standard InChI is InChI=1S/C17H14ClN3S/c18-15-8-7-13(10-19-15)22-21-17-16(11-5-6-11)14-4-2-1-3-12(14)9-20-17/h1-4,7-11H,5-6H2,(H,20,21). The molecule has 1 saturated carbocycles. The van der Waals surface area contributed by atoms with Crippen LogP contribution in [0.5, 0.6) is 0 Å². The summed E-state index contributed by atoms with van der Waals surface area (Å²) in [6.07, 6.45) is 6.19. The van der Waals surface area contributed by atoms with E-state index in [-0.39, 0.29) is 0 Å². The molecular weight excluding hydrogens is 314 g/mol. The molecule has 0 bridgehead atoms. The third kappa shape index (κ3) is 2.76. The largest absolute Gasteiger partial charge is 0.310 e. The predicted octanol–water partition coefficient (Wildman–Crippen LogP) is 5.28. The average Bonchev–Trinajstić information content (AvgIpc) is 3.38. The Morgan fingerprint density at radius 3 is 2.68 bits per heavy atom. The van der Waals surface area contributed by atoms with Crippen LogP contribution in [0.15, 0.2) is 53.7 Å². The van der Waals surface area contributed by atoms with Gasteiger partial charge in [0, 0.05) is 28.2 Å². The molecule has 0 aliphatic heterocycles. The number of hydrogen-bond donors (Lipinski definition) is 1. The Morgan fingerprint density at radius 2 is 1.91 bits per heavy atom. The van der Waals surface area contributed by atoms with E-state index in [0.717, 1.165) is 10.7 Å². The molecule has 2 aromatic heterocycles. The van der Waals surface area contributed by atoms with Crippen molar-refractivity contribution in [3.63, 3.8) is 0 Å². The molecule has 0 spiro atoms. The third-order valence-corrected chi connectivity index (χ3v) is 4.79. The van der Waals surface area contributed by atoms with Crippen molar-refractivity contribution in [1.82, 2.24) is 9.97 Å². The van der Waals surface area contributed by atoms with Crippen molar-refractivity contribution in [3.8, 4) is 0 Å². The smallest absolute Gasteiger partial charge is 0.140 e. The van der Waals surface area contributed by atoms with Crippen LogP contribution in [0, 0.1) is 0 Å². The first-order valence-corrected chi connectivity index (χ1v) is 8.43. The third-order valence-electron chi connectivity index (χ3n) is 3.79. The minimum absolute atomic E-state index is 0.506. The van der Waals surface area contributed by atoms with Gasteiger partial charge in [-0.2, -0.15) is 0 Å². The molecular formula is C17H14ClN3S. The molecule has 22 heavy (non-hydrogen) atoms. The number of pyridine rings is 2. The van der Waals surface area contributed by atoms with E-state index in [2.05, 4.69) is 39.0 Å². The number of aromatic nitrogens is 2. The zero-order valence-corrected chi connectivity index (χ0v) is 13.4. The number of halogens is 1. The fraction of sp³-hybridized carbons (Fsp3) is 0.176. The SMILES string of the molecule is Clc1ccc(SNc2ncc3ccccc3c2C2CC2)cn1. The van der Waals surface area contributed by atoms with Crippen molar-refractivity contribution >= 4 is 40.1 Å². The van der Waals surface area contributed by atoms with Gasteiger partial charge in [0.05, 0.1) is 0 Å². The van der Waals surface area contributed by atoms with Gasteiger partial charge in [0.15, 0.2) is 0 Å². The number of hydrogen-bond acceptors (Lipinski definition) is 4. The van der Waals surface area contributed by atoms with Gasteiger partial charge in [0.2, 0.25) is 0 Å². The number of fused-ring (bicyclic) bond motifs is 1. The fourth-order valence-electron chi connectivity index (χ4n) is 2.58. The molecule has 0 radical (unpaired) electrons. The summed E-state index contributed by atoms with van der Waals surface area (Å²) in [7, 11) is 0. The highest BCUT2D eigenvalue weighted by atomic mass is 35.5. The van der Waals surface area contributed by atoms with E-state index in [1.807, 2.05) is 12.3 Å². The lowest BCUT2D eigenvalue weighted by atomic mass is 10.0. The van der Waals surface area contributed by atoms with Crippen LogP contribution >= 0.6 is 23.5 Å². The molecule has 5 heteroatoms. The van der Waals surface area contributed by atoms with E-state index >= 15 is 0 Å². The van der Waals surface area contributed by atoms with Crippen molar-refractivity contribution in [2.75, 3.05) is 4.72 Å². The molecule has 1 aromatic carbocycles. The number of nitrogens with one attached hydrogen (secondary N) is 1. The second kappa shape index (κ2) is 5.78. The van der Waals surface area contributed by atoms with Gasteiger partial charge in [-0.05, 0) is 48.2 Å². The highest BCUT2D eigenvalue weighted by molar-refractivity contribution is 8.00. The summed E-state index contributed by atoms with van der Waals surface area (Å²) in [5.41, 5.74) is 1.34. The Morgan fingerprint density at radius 1 is 1.05 bits per heavy atom. The quantitative estimate of drug-likeness (QED) is 0.522. The molecule has 110 valence electrons. The lowest BCUT2D eigenvalue weighted by molar-refractivity contribution is 1.13. The predicted molar refractivity (Wildman–Crippen MR) is 92.4 cm³/mol. The maximum absolute atomic E-state index is 5.82. The van der Waals surface area contributed by atoms with Crippen LogP contribution in [0.2, 0.25) is 5.15 Å². The summed E-state index contributed by atoms with van der Waals surface area (Å²) in [5.74, 6) is 1.59. The number of rotatable bonds is 4. The highest BCUT2D eigenvalue weighted by Gasteiger charge is 2.28. The Labute approximate surface area is 138 Å². The van der Waals surface area contributed by atoms with Crippen LogP contribution in [0.4, 0.5) is 5.82 Å². The molecule has 4 rings (SSSR count). The monoisotopic (exact) mass is 327 g/mol. The van der Waals surface area contributed by atoms with Crippen LogP contribution in [-0.4, -0.2) is 9.97 Å². The summed E-state index contributed by atoms with van der Waals surface area (Å²) >= 11 is 7.33. The van der Waals surface area contributed by atoms with Gasteiger partial charge in [0.25, 0.3) is 0 Å². The van der Waals surface area contributed by atoms with E-state index < -0.39 is 0 Å². The Bertz CT molecular complexity index is 816. The second-order valence-corrected chi connectivity index (χ2v) is 6.67. The molecule has 0 unspecified atom stereocenters. The summed E-state index contributed by atoms with van der Waals surface area (Å²) in [4.78, 5) is 9.73. The maximum atomic E-state index is 5.82. The van der Waals surface area contributed by atoms with Crippen molar-refractivity contribution in [2.45, 2.75) is 23.7 Å². The number of anilines is 1. The fourth-order valence-corrected chi connectivity index (χ4v) is 3.31. The van der Waals surface area contributed by atoms with Gasteiger partial charge in [-0.1, -0.05) is 35.9 Å². The lowest BCUT2D eigenvalue weighted by Crippen LogP contribution is -1.97. The normalized spacial score (nSPS) is 14.2. The Kier molecular flexibility index (Phi) is 3.64. The second-order valence-electron chi connectivity index (χ2n) is 5.40. The van der Waals surface area contributed by atoms with Crippen LogP contribution in [0.1, 0.15) is 24.3 Å². The Balaban J connectivity index is 1.66. The highest BCUT2D eigenvalue weighted by Crippen LogP contribution is 2.46. The van der Waals surface area contributed by atoms with Crippen molar-refractivity contribution in [1.29, 1.82) is 0 Å².